The highest BCUT2D eigenvalue weighted by Gasteiger charge is 2.23. The molecule has 2 fully saturated rings. The van der Waals surface area contributed by atoms with Gasteiger partial charge in [-0.05, 0) is 24.3 Å². The van der Waals surface area contributed by atoms with Crippen LogP contribution in [0.2, 0.25) is 0 Å². The Hall–Kier alpha value is -2.04. The summed E-state index contributed by atoms with van der Waals surface area (Å²) in [5.74, 6) is 1.84. The van der Waals surface area contributed by atoms with E-state index in [0.717, 1.165) is 24.7 Å². The highest BCUT2D eigenvalue weighted by molar-refractivity contribution is 5.21. The molecule has 2 aromatic rings. The predicted octanol–water partition coefficient (Wildman–Crippen LogP) is 7.81. The normalized spacial score (nSPS) is 16.1. The van der Waals surface area contributed by atoms with E-state index in [0.29, 0.717) is 25.4 Å². The van der Waals surface area contributed by atoms with Gasteiger partial charge in [0.25, 0.3) is 0 Å². The van der Waals surface area contributed by atoms with E-state index in [2.05, 4.69) is 27.7 Å². The second-order valence-electron chi connectivity index (χ2n) is 6.57. The first-order chi connectivity index (χ1) is 15.7. The Labute approximate surface area is 198 Å². The van der Waals surface area contributed by atoms with Crippen LogP contribution >= 0.6 is 0 Å². The van der Waals surface area contributed by atoms with E-state index in [-0.39, 0.29) is 0 Å². The van der Waals surface area contributed by atoms with Crippen LogP contribution in [0.1, 0.15) is 68.2 Å². The van der Waals surface area contributed by atoms with Crippen LogP contribution in [0.4, 0.5) is 0 Å². The largest absolute Gasteiger partial charge is 0.491 e. The second-order valence-corrected chi connectivity index (χ2v) is 6.57. The molecule has 0 radical (unpaired) electrons. The molecule has 2 heterocycles. The van der Waals surface area contributed by atoms with Crippen molar-refractivity contribution in [2.24, 2.45) is 0 Å². The van der Waals surface area contributed by atoms with Crippen molar-refractivity contribution >= 4 is 0 Å². The summed E-state index contributed by atoms with van der Waals surface area (Å²) in [5.41, 5.74) is 0. The van der Waals surface area contributed by atoms with Gasteiger partial charge in [0.15, 0.2) is 0 Å². The maximum Gasteiger partial charge on any atom is 0.119 e. The van der Waals surface area contributed by atoms with E-state index >= 15 is 0 Å². The van der Waals surface area contributed by atoms with Crippen LogP contribution in [0, 0.1) is 0 Å². The van der Waals surface area contributed by atoms with Gasteiger partial charge in [-0.2, -0.15) is 0 Å². The number of benzene rings is 2. The topological polar surface area (TPSA) is 43.5 Å². The minimum absolute atomic E-state index is 0.343. The van der Waals surface area contributed by atoms with Gasteiger partial charge in [-0.25, -0.2) is 0 Å². The molecule has 0 bridgehead atoms. The first-order valence-corrected chi connectivity index (χ1v) is 12.3. The molecule has 0 aromatic heterocycles. The van der Waals surface area contributed by atoms with E-state index in [9.17, 15) is 0 Å². The maximum absolute atomic E-state index is 5.40. The van der Waals surface area contributed by atoms with Crippen LogP contribution in [0.3, 0.4) is 0 Å². The van der Waals surface area contributed by atoms with Crippen LogP contribution in [0.5, 0.6) is 11.5 Å². The molecule has 0 aliphatic carbocycles. The molecule has 2 aromatic carbocycles. The minimum Gasteiger partial charge on any atom is -0.491 e. The van der Waals surface area contributed by atoms with Crippen molar-refractivity contribution in [3.05, 3.63) is 60.7 Å². The summed E-state index contributed by atoms with van der Waals surface area (Å²) in [6.45, 7) is 19.6. The molecule has 32 heavy (non-hydrogen) atoms. The van der Waals surface area contributed by atoms with Crippen LogP contribution in [-0.2, 0) is 9.47 Å². The Balaban J connectivity index is 0. The van der Waals surface area contributed by atoms with Gasteiger partial charge in [0.1, 0.15) is 36.9 Å². The standard InChI is InChI=1S/2C9H10O2.2C3H8.2C2H6/c2*1-2-4-8(5-3-1)10-6-9-7-11-9;2*1-3-2;2*1-2/h2*1-5,9H,6-7H2;2*3H2,1-2H3;2*1-2H3. The average Bonchev–Trinajstić information content (AvgIpc) is 3.77. The maximum atomic E-state index is 5.40. The highest BCUT2D eigenvalue weighted by atomic mass is 16.6. The predicted molar refractivity (Wildman–Crippen MR) is 138 cm³/mol. The van der Waals surface area contributed by atoms with E-state index in [1.165, 1.54) is 12.8 Å². The molecule has 0 amide bonds. The molecule has 0 N–H and O–H groups in total. The first kappa shape index (κ1) is 32.1. The third kappa shape index (κ3) is 22.6. The molecule has 4 nitrogen and oxygen atoms in total. The summed E-state index contributed by atoms with van der Waals surface area (Å²) in [6.07, 6.45) is 3.19. The number of epoxide rings is 2. The van der Waals surface area contributed by atoms with E-state index < -0.39 is 0 Å². The zero-order valence-electron chi connectivity index (χ0n) is 21.8. The Morgan fingerprint density at radius 2 is 0.844 bits per heavy atom. The number of rotatable bonds is 6. The minimum atomic E-state index is 0.343. The molecule has 4 heteroatoms. The molecule has 2 atom stereocenters. The number of hydrogen-bond donors (Lipinski definition) is 0. The second kappa shape index (κ2) is 25.2. The summed E-state index contributed by atoms with van der Waals surface area (Å²) in [5, 5.41) is 0. The lowest BCUT2D eigenvalue weighted by atomic mass is 10.3. The van der Waals surface area contributed by atoms with Crippen LogP contribution < -0.4 is 9.47 Å². The SMILES string of the molecule is CC.CC.CCC.CCC.c1ccc(OCC2CO2)cc1.c1ccc(OCC2CO2)cc1. The summed E-state index contributed by atoms with van der Waals surface area (Å²) in [6, 6.07) is 19.6. The Kier molecular flexibility index (Phi) is 25.3. The smallest absolute Gasteiger partial charge is 0.119 e. The molecule has 2 aliphatic rings. The van der Waals surface area contributed by atoms with Gasteiger partial charge < -0.3 is 18.9 Å². The van der Waals surface area contributed by atoms with Gasteiger partial charge >= 0.3 is 0 Å². The lowest BCUT2D eigenvalue weighted by molar-refractivity contribution is 0.263. The Morgan fingerprint density at radius 1 is 0.594 bits per heavy atom. The molecule has 2 aliphatic heterocycles. The van der Waals surface area contributed by atoms with E-state index in [1.807, 2.05) is 88.4 Å². The van der Waals surface area contributed by atoms with Crippen LogP contribution in [0.15, 0.2) is 60.7 Å². The van der Waals surface area contributed by atoms with Crippen molar-refractivity contribution in [3.8, 4) is 11.5 Å². The average molecular weight is 449 g/mol. The van der Waals surface area contributed by atoms with Gasteiger partial charge in [-0.3, -0.25) is 0 Å². The van der Waals surface area contributed by atoms with Crippen LogP contribution in [0.25, 0.3) is 0 Å². The number of para-hydroxylation sites is 2. The molecular formula is C28H48O4. The van der Waals surface area contributed by atoms with Gasteiger partial charge in [0.2, 0.25) is 0 Å². The lowest BCUT2D eigenvalue weighted by Crippen LogP contribution is -2.03. The highest BCUT2D eigenvalue weighted by Crippen LogP contribution is 2.14. The van der Waals surface area contributed by atoms with Crippen LogP contribution in [-0.4, -0.2) is 38.6 Å². The van der Waals surface area contributed by atoms with Gasteiger partial charge in [0.05, 0.1) is 13.2 Å². The Morgan fingerprint density at radius 3 is 1.06 bits per heavy atom. The molecular weight excluding hydrogens is 400 g/mol. The fourth-order valence-corrected chi connectivity index (χ4v) is 1.74. The molecule has 2 saturated heterocycles. The van der Waals surface area contributed by atoms with Crippen molar-refractivity contribution in [3.63, 3.8) is 0 Å². The summed E-state index contributed by atoms with van der Waals surface area (Å²) in [4.78, 5) is 0. The third-order valence-corrected chi connectivity index (χ3v) is 3.16. The molecule has 2 unspecified atom stereocenters. The number of hydrogen-bond acceptors (Lipinski definition) is 4. The fourth-order valence-electron chi connectivity index (χ4n) is 1.74. The molecule has 0 saturated carbocycles. The zero-order valence-corrected chi connectivity index (χ0v) is 21.8. The fraction of sp³-hybridized carbons (Fsp3) is 0.571. The van der Waals surface area contributed by atoms with Crippen molar-refractivity contribution in [2.75, 3.05) is 26.4 Å². The van der Waals surface area contributed by atoms with Crippen molar-refractivity contribution in [2.45, 2.75) is 80.4 Å². The van der Waals surface area contributed by atoms with Gasteiger partial charge in [0, 0.05) is 0 Å². The zero-order chi connectivity index (χ0) is 24.5. The first-order valence-electron chi connectivity index (χ1n) is 12.3. The summed E-state index contributed by atoms with van der Waals surface area (Å²) in [7, 11) is 0. The van der Waals surface area contributed by atoms with Crippen molar-refractivity contribution < 1.29 is 18.9 Å². The van der Waals surface area contributed by atoms with Crippen molar-refractivity contribution in [1.29, 1.82) is 0 Å². The van der Waals surface area contributed by atoms with E-state index in [1.54, 1.807) is 0 Å². The molecule has 184 valence electrons. The molecule has 0 spiro atoms. The quantitative estimate of drug-likeness (QED) is 0.423. The third-order valence-electron chi connectivity index (χ3n) is 3.16. The Bertz CT molecular complexity index is 513. The molecule has 4 rings (SSSR count). The van der Waals surface area contributed by atoms with Gasteiger partial charge in [-0.1, -0.05) is 105 Å². The van der Waals surface area contributed by atoms with Crippen molar-refractivity contribution in [1.82, 2.24) is 0 Å². The number of ether oxygens (including phenoxy) is 4. The van der Waals surface area contributed by atoms with E-state index in [4.69, 9.17) is 18.9 Å². The lowest BCUT2D eigenvalue weighted by Gasteiger charge is -2.01. The summed E-state index contributed by atoms with van der Waals surface area (Å²) < 4.78 is 20.8. The summed E-state index contributed by atoms with van der Waals surface area (Å²) >= 11 is 0. The van der Waals surface area contributed by atoms with Gasteiger partial charge in [-0.15, -0.1) is 0 Å². The monoisotopic (exact) mass is 448 g/mol.